The van der Waals surface area contributed by atoms with Crippen LogP contribution in [0.25, 0.3) is 11.3 Å². The van der Waals surface area contributed by atoms with E-state index in [1.165, 1.54) is 12.3 Å². The van der Waals surface area contributed by atoms with Gasteiger partial charge >= 0.3 is 0 Å². The molecule has 31 heavy (non-hydrogen) atoms. The van der Waals surface area contributed by atoms with Crippen LogP contribution in [0.4, 0.5) is 10.1 Å². The Morgan fingerprint density at radius 2 is 2.16 bits per heavy atom. The molecular weight excluding hydrogens is 437 g/mol. The quantitative estimate of drug-likeness (QED) is 0.469. The number of amidine groups is 1. The van der Waals surface area contributed by atoms with Gasteiger partial charge in [-0.15, -0.1) is 0 Å². The van der Waals surface area contributed by atoms with Crippen molar-refractivity contribution in [1.82, 2.24) is 9.88 Å². The normalized spacial score (nSPS) is 15.5. The fourth-order valence-electron chi connectivity index (χ4n) is 3.21. The molecule has 0 unspecified atom stereocenters. The van der Waals surface area contributed by atoms with Crippen molar-refractivity contribution in [1.29, 1.82) is 0 Å². The third-order valence-electron chi connectivity index (χ3n) is 4.91. The van der Waals surface area contributed by atoms with E-state index in [1.54, 1.807) is 40.9 Å². The molecule has 0 radical (unpaired) electrons. The first-order valence-electron chi connectivity index (χ1n) is 9.99. The Bertz CT molecular complexity index is 1130. The van der Waals surface area contributed by atoms with E-state index in [9.17, 15) is 9.18 Å². The molecular formula is C23H21ClFN3O2S. The van der Waals surface area contributed by atoms with Gasteiger partial charge in [-0.1, -0.05) is 41.6 Å². The van der Waals surface area contributed by atoms with Crippen LogP contribution in [0, 0.1) is 12.7 Å². The van der Waals surface area contributed by atoms with Crippen molar-refractivity contribution in [3.63, 3.8) is 0 Å². The van der Waals surface area contributed by atoms with Gasteiger partial charge in [-0.05, 0) is 43.2 Å². The maximum Gasteiger partial charge on any atom is 0.229 e. The van der Waals surface area contributed by atoms with Gasteiger partial charge in [0.25, 0.3) is 0 Å². The summed E-state index contributed by atoms with van der Waals surface area (Å²) in [5, 5.41) is 1.32. The van der Waals surface area contributed by atoms with Crippen LogP contribution in [-0.4, -0.2) is 33.3 Å². The van der Waals surface area contributed by atoms with Crippen LogP contribution in [0.15, 0.2) is 58.1 Å². The topological polar surface area (TPSA) is 58.7 Å². The Kier molecular flexibility index (Phi) is 6.73. The van der Waals surface area contributed by atoms with Gasteiger partial charge in [0.1, 0.15) is 5.82 Å². The minimum Gasteiger partial charge on any atom is -0.441 e. The van der Waals surface area contributed by atoms with Crippen molar-refractivity contribution in [2.75, 3.05) is 12.3 Å². The maximum absolute atomic E-state index is 13.9. The lowest BCUT2D eigenvalue weighted by atomic mass is 10.2. The highest BCUT2D eigenvalue weighted by Crippen LogP contribution is 2.27. The predicted molar refractivity (Wildman–Crippen MR) is 122 cm³/mol. The van der Waals surface area contributed by atoms with Gasteiger partial charge in [0.05, 0.1) is 17.4 Å². The highest BCUT2D eigenvalue weighted by atomic mass is 35.5. The minimum atomic E-state index is -0.372. The van der Waals surface area contributed by atoms with E-state index >= 15 is 0 Å². The number of carbonyl (C=O) groups excluding carboxylic acids is 1. The minimum absolute atomic E-state index is 0.0465. The van der Waals surface area contributed by atoms with E-state index in [0.29, 0.717) is 40.4 Å². The SMILES string of the molecule is Cc1ccc(N=C2SCCCN2C(=O)CCc2ncc(-c3ccccc3F)o2)cc1Cl. The van der Waals surface area contributed by atoms with Crippen LogP contribution in [0.3, 0.4) is 0 Å². The number of hydrogen-bond donors (Lipinski definition) is 0. The third kappa shape index (κ3) is 5.17. The molecule has 5 nitrogen and oxygen atoms in total. The summed E-state index contributed by atoms with van der Waals surface area (Å²) in [7, 11) is 0. The molecule has 160 valence electrons. The molecule has 1 aliphatic rings. The van der Waals surface area contributed by atoms with Crippen LogP contribution in [0.5, 0.6) is 0 Å². The van der Waals surface area contributed by atoms with Crippen molar-refractivity contribution in [3.8, 4) is 11.3 Å². The van der Waals surface area contributed by atoms with Crippen LogP contribution in [-0.2, 0) is 11.2 Å². The molecule has 1 aliphatic heterocycles. The summed E-state index contributed by atoms with van der Waals surface area (Å²) in [4.78, 5) is 23.5. The van der Waals surface area contributed by atoms with Gasteiger partial charge < -0.3 is 4.42 Å². The first-order chi connectivity index (χ1) is 15.0. The number of hydrogen-bond acceptors (Lipinski definition) is 5. The molecule has 1 saturated heterocycles. The summed E-state index contributed by atoms with van der Waals surface area (Å²) in [5.41, 5.74) is 2.06. The summed E-state index contributed by atoms with van der Waals surface area (Å²) >= 11 is 7.77. The third-order valence-corrected chi connectivity index (χ3v) is 6.38. The van der Waals surface area contributed by atoms with E-state index in [2.05, 4.69) is 9.98 Å². The van der Waals surface area contributed by atoms with E-state index in [-0.39, 0.29) is 18.1 Å². The number of thioether (sulfide) groups is 1. The lowest BCUT2D eigenvalue weighted by Crippen LogP contribution is -2.39. The molecule has 2 heterocycles. The van der Waals surface area contributed by atoms with E-state index in [4.69, 9.17) is 16.0 Å². The predicted octanol–water partition coefficient (Wildman–Crippen LogP) is 6.03. The number of aromatic nitrogens is 1. The summed E-state index contributed by atoms with van der Waals surface area (Å²) in [6.07, 6.45) is 2.95. The molecule has 0 saturated carbocycles. The second kappa shape index (κ2) is 9.66. The zero-order chi connectivity index (χ0) is 21.8. The molecule has 2 aromatic carbocycles. The molecule has 1 amide bonds. The molecule has 0 aliphatic carbocycles. The smallest absolute Gasteiger partial charge is 0.229 e. The van der Waals surface area contributed by atoms with Crippen molar-refractivity contribution in [3.05, 3.63) is 71.0 Å². The molecule has 3 aromatic rings. The van der Waals surface area contributed by atoms with Gasteiger partial charge in [-0.3, -0.25) is 9.69 Å². The molecule has 0 bridgehead atoms. The van der Waals surface area contributed by atoms with Crippen molar-refractivity contribution >= 4 is 40.1 Å². The number of benzene rings is 2. The number of oxazole rings is 1. The molecule has 8 heteroatoms. The second-order valence-corrected chi connectivity index (χ2v) is 8.64. The average Bonchev–Trinajstić information content (AvgIpc) is 3.24. The van der Waals surface area contributed by atoms with Crippen molar-refractivity contribution < 1.29 is 13.6 Å². The van der Waals surface area contributed by atoms with E-state index < -0.39 is 0 Å². The number of rotatable bonds is 5. The van der Waals surface area contributed by atoms with E-state index in [1.807, 2.05) is 19.1 Å². The molecule has 1 aromatic heterocycles. The van der Waals surface area contributed by atoms with Gasteiger partial charge in [0.2, 0.25) is 5.91 Å². The maximum atomic E-state index is 13.9. The van der Waals surface area contributed by atoms with Gasteiger partial charge in [0, 0.05) is 30.2 Å². The average molecular weight is 458 g/mol. The summed E-state index contributed by atoms with van der Waals surface area (Å²) < 4.78 is 19.6. The number of amides is 1. The Balaban J connectivity index is 1.44. The van der Waals surface area contributed by atoms with E-state index in [0.717, 1.165) is 23.4 Å². The lowest BCUT2D eigenvalue weighted by molar-refractivity contribution is -0.127. The molecule has 0 N–H and O–H groups in total. The number of nitrogens with zero attached hydrogens (tertiary/aromatic N) is 3. The molecule has 0 spiro atoms. The Labute approximate surface area is 189 Å². The monoisotopic (exact) mass is 457 g/mol. The van der Waals surface area contributed by atoms with Crippen LogP contribution >= 0.6 is 23.4 Å². The van der Waals surface area contributed by atoms with Gasteiger partial charge in [0.15, 0.2) is 16.8 Å². The summed E-state index contributed by atoms with van der Waals surface area (Å²) in [6, 6.07) is 12.0. The number of halogens is 2. The molecule has 1 fully saturated rings. The number of aliphatic imine (C=N–C) groups is 1. The fraction of sp³-hybridized carbons (Fsp3) is 0.261. The highest BCUT2D eigenvalue weighted by molar-refractivity contribution is 8.13. The highest BCUT2D eigenvalue weighted by Gasteiger charge is 2.24. The lowest BCUT2D eigenvalue weighted by Gasteiger charge is -2.27. The van der Waals surface area contributed by atoms with Crippen molar-refractivity contribution in [2.45, 2.75) is 26.2 Å². The standard InChI is InChI=1S/C23H21ClFN3O2S/c1-15-7-8-16(13-18(15)24)27-23-28(11-4-12-31-23)22(29)10-9-21-26-14-20(30-21)17-5-2-3-6-19(17)25/h2-3,5-8,13-14H,4,9-12H2,1H3. The molecule has 0 atom stereocenters. The van der Waals surface area contributed by atoms with Gasteiger partial charge in [-0.25, -0.2) is 14.4 Å². The number of carbonyl (C=O) groups is 1. The zero-order valence-electron chi connectivity index (χ0n) is 17.0. The van der Waals surface area contributed by atoms with Crippen molar-refractivity contribution in [2.24, 2.45) is 4.99 Å². The summed E-state index contributed by atoms with van der Waals surface area (Å²) in [6.45, 7) is 2.56. The Morgan fingerprint density at radius 3 is 2.97 bits per heavy atom. The van der Waals surface area contributed by atoms with Crippen LogP contribution < -0.4 is 0 Å². The van der Waals surface area contributed by atoms with Crippen LogP contribution in [0.2, 0.25) is 5.02 Å². The van der Waals surface area contributed by atoms with Crippen LogP contribution in [0.1, 0.15) is 24.3 Å². The fourth-order valence-corrected chi connectivity index (χ4v) is 4.36. The zero-order valence-corrected chi connectivity index (χ0v) is 18.5. The first kappa shape index (κ1) is 21.6. The Hall–Kier alpha value is -2.64. The van der Waals surface area contributed by atoms with Gasteiger partial charge in [-0.2, -0.15) is 0 Å². The summed E-state index contributed by atoms with van der Waals surface area (Å²) in [5.74, 6) is 1.25. The Morgan fingerprint density at radius 1 is 1.32 bits per heavy atom. The second-order valence-electron chi connectivity index (χ2n) is 7.17. The first-order valence-corrected chi connectivity index (χ1v) is 11.4. The number of aryl methyl sites for hydroxylation is 2. The molecule has 4 rings (SSSR count). The largest absolute Gasteiger partial charge is 0.441 e.